The third-order valence-corrected chi connectivity index (χ3v) is 3.87. The van der Waals surface area contributed by atoms with Gasteiger partial charge in [-0.05, 0) is 34.8 Å². The minimum Gasteiger partial charge on any atom is -0.396 e. The largest absolute Gasteiger partial charge is 0.396 e. The number of pyridine rings is 1. The Hall–Kier alpha value is -0.680. The highest BCUT2D eigenvalue weighted by atomic mass is 79.9. The molecule has 0 aromatic carbocycles. The van der Waals surface area contributed by atoms with E-state index in [1.807, 2.05) is 0 Å². The van der Waals surface area contributed by atoms with Crippen molar-refractivity contribution in [1.29, 1.82) is 0 Å². The fourth-order valence-corrected chi connectivity index (χ4v) is 2.64. The van der Waals surface area contributed by atoms with Crippen molar-refractivity contribution in [3.8, 4) is 0 Å². The molecule has 2 rings (SSSR count). The SMILES string of the molecule is OCC1(CNc2ncc(Br)cc2F)CCCC1. The summed E-state index contributed by atoms with van der Waals surface area (Å²) in [6.45, 7) is 0.729. The third-order valence-electron chi connectivity index (χ3n) is 3.44. The lowest BCUT2D eigenvalue weighted by Crippen LogP contribution is -2.31. The molecule has 1 aliphatic rings. The van der Waals surface area contributed by atoms with E-state index in [0.29, 0.717) is 11.0 Å². The summed E-state index contributed by atoms with van der Waals surface area (Å²) in [6.07, 6.45) is 5.83. The van der Waals surface area contributed by atoms with Crippen LogP contribution in [0.4, 0.5) is 10.2 Å². The quantitative estimate of drug-likeness (QED) is 0.899. The number of hydrogen-bond donors (Lipinski definition) is 2. The van der Waals surface area contributed by atoms with Crippen molar-refractivity contribution in [1.82, 2.24) is 4.98 Å². The van der Waals surface area contributed by atoms with E-state index >= 15 is 0 Å². The fraction of sp³-hybridized carbons (Fsp3) is 0.583. The summed E-state index contributed by atoms with van der Waals surface area (Å²) in [7, 11) is 0. The number of nitrogens with zero attached hydrogens (tertiary/aromatic N) is 1. The van der Waals surface area contributed by atoms with Crippen LogP contribution in [0.15, 0.2) is 16.7 Å². The van der Waals surface area contributed by atoms with Gasteiger partial charge < -0.3 is 10.4 Å². The summed E-state index contributed by atoms with van der Waals surface area (Å²) in [5.41, 5.74) is -0.0960. The molecule has 1 aromatic heterocycles. The minimum atomic E-state index is -0.370. The van der Waals surface area contributed by atoms with Gasteiger partial charge in [-0.25, -0.2) is 9.37 Å². The predicted molar refractivity (Wildman–Crippen MR) is 68.4 cm³/mol. The number of aliphatic hydroxyl groups excluding tert-OH is 1. The maximum Gasteiger partial charge on any atom is 0.166 e. The molecule has 1 aromatic rings. The van der Waals surface area contributed by atoms with Crippen molar-refractivity contribution in [3.63, 3.8) is 0 Å². The highest BCUT2D eigenvalue weighted by Gasteiger charge is 2.33. The van der Waals surface area contributed by atoms with Crippen LogP contribution in [-0.4, -0.2) is 23.2 Å². The Bertz CT molecular complexity index is 394. The number of anilines is 1. The molecule has 1 aliphatic carbocycles. The van der Waals surface area contributed by atoms with Crippen molar-refractivity contribution in [2.24, 2.45) is 5.41 Å². The molecular formula is C12H16BrFN2O. The van der Waals surface area contributed by atoms with E-state index in [4.69, 9.17) is 0 Å². The van der Waals surface area contributed by atoms with Gasteiger partial charge in [0, 0.05) is 22.6 Å². The van der Waals surface area contributed by atoms with Gasteiger partial charge in [0.25, 0.3) is 0 Å². The summed E-state index contributed by atoms with van der Waals surface area (Å²) in [5.74, 6) is -0.113. The molecule has 1 heterocycles. The topological polar surface area (TPSA) is 45.1 Å². The molecule has 0 radical (unpaired) electrons. The number of aliphatic hydroxyl groups is 1. The number of halogens is 2. The van der Waals surface area contributed by atoms with Gasteiger partial charge in [0.1, 0.15) is 0 Å². The first-order valence-corrected chi connectivity index (χ1v) is 6.60. The second-order valence-electron chi connectivity index (χ2n) is 4.70. The third kappa shape index (κ3) is 2.96. The normalized spacial score (nSPS) is 18.3. The number of nitrogens with one attached hydrogen (secondary N) is 1. The van der Waals surface area contributed by atoms with Gasteiger partial charge >= 0.3 is 0 Å². The van der Waals surface area contributed by atoms with Crippen molar-refractivity contribution < 1.29 is 9.50 Å². The molecule has 0 spiro atoms. The molecule has 3 nitrogen and oxygen atoms in total. The van der Waals surface area contributed by atoms with Gasteiger partial charge in [0.2, 0.25) is 0 Å². The van der Waals surface area contributed by atoms with Gasteiger partial charge in [-0.3, -0.25) is 0 Å². The average Bonchev–Trinajstić information content (AvgIpc) is 2.77. The van der Waals surface area contributed by atoms with Crippen LogP contribution in [0, 0.1) is 11.2 Å². The summed E-state index contributed by atoms with van der Waals surface area (Å²) >= 11 is 3.17. The van der Waals surface area contributed by atoms with Crippen LogP contribution in [0.1, 0.15) is 25.7 Å². The second kappa shape index (κ2) is 5.31. The van der Waals surface area contributed by atoms with Crippen molar-refractivity contribution in [2.45, 2.75) is 25.7 Å². The van der Waals surface area contributed by atoms with Gasteiger partial charge in [-0.1, -0.05) is 12.8 Å². The number of rotatable bonds is 4. The van der Waals surface area contributed by atoms with Crippen LogP contribution in [0.2, 0.25) is 0 Å². The monoisotopic (exact) mass is 302 g/mol. The number of hydrogen-bond acceptors (Lipinski definition) is 3. The maximum atomic E-state index is 13.5. The molecule has 1 saturated carbocycles. The van der Waals surface area contributed by atoms with E-state index in [9.17, 15) is 9.50 Å². The summed E-state index contributed by atoms with van der Waals surface area (Å²) in [6, 6.07) is 1.38. The zero-order valence-corrected chi connectivity index (χ0v) is 11.1. The molecule has 0 unspecified atom stereocenters. The van der Waals surface area contributed by atoms with E-state index in [0.717, 1.165) is 25.7 Å². The first kappa shape index (κ1) is 12.8. The standard InChI is InChI=1S/C12H16BrFN2O/c13-9-5-10(14)11(15-6-9)16-7-12(8-17)3-1-2-4-12/h5-6,17H,1-4,7-8H2,(H,15,16). The van der Waals surface area contributed by atoms with Crippen LogP contribution in [-0.2, 0) is 0 Å². The zero-order chi connectivity index (χ0) is 12.3. The summed E-state index contributed by atoms with van der Waals surface area (Å²) in [5, 5.41) is 12.5. The summed E-state index contributed by atoms with van der Waals surface area (Å²) < 4.78 is 14.2. The van der Waals surface area contributed by atoms with Crippen molar-refractivity contribution in [3.05, 3.63) is 22.6 Å². The maximum absolute atomic E-state index is 13.5. The zero-order valence-electron chi connectivity index (χ0n) is 9.55. The highest BCUT2D eigenvalue weighted by molar-refractivity contribution is 9.10. The minimum absolute atomic E-state index is 0.0960. The molecule has 1 fully saturated rings. The van der Waals surface area contributed by atoms with E-state index in [1.54, 1.807) is 6.20 Å². The van der Waals surface area contributed by atoms with Gasteiger partial charge in [0.05, 0.1) is 6.61 Å². The van der Waals surface area contributed by atoms with Crippen LogP contribution in [0.25, 0.3) is 0 Å². The van der Waals surface area contributed by atoms with Gasteiger partial charge in [0.15, 0.2) is 11.6 Å². The van der Waals surface area contributed by atoms with Crippen LogP contribution in [0.3, 0.4) is 0 Å². The van der Waals surface area contributed by atoms with Gasteiger partial charge in [-0.15, -0.1) is 0 Å². The molecule has 0 aliphatic heterocycles. The average molecular weight is 303 g/mol. The Labute approximate surface area is 109 Å². The van der Waals surface area contributed by atoms with E-state index in [-0.39, 0.29) is 23.7 Å². The highest BCUT2D eigenvalue weighted by Crippen LogP contribution is 2.37. The Morgan fingerprint density at radius 1 is 1.47 bits per heavy atom. The Kier molecular flexibility index (Phi) is 3.99. The van der Waals surface area contributed by atoms with Gasteiger partial charge in [-0.2, -0.15) is 0 Å². The second-order valence-corrected chi connectivity index (χ2v) is 5.62. The van der Waals surface area contributed by atoms with Crippen LogP contribution in [0.5, 0.6) is 0 Å². The Morgan fingerprint density at radius 3 is 2.76 bits per heavy atom. The lowest BCUT2D eigenvalue weighted by atomic mass is 9.87. The molecule has 94 valence electrons. The first-order chi connectivity index (χ1) is 8.15. The lowest BCUT2D eigenvalue weighted by Gasteiger charge is -2.26. The molecule has 2 N–H and O–H groups in total. The van der Waals surface area contributed by atoms with Crippen molar-refractivity contribution >= 4 is 21.7 Å². The van der Waals surface area contributed by atoms with Crippen LogP contribution < -0.4 is 5.32 Å². The number of aromatic nitrogens is 1. The van der Waals surface area contributed by atoms with E-state index < -0.39 is 0 Å². The Balaban J connectivity index is 2.01. The molecule has 5 heteroatoms. The molecule has 17 heavy (non-hydrogen) atoms. The smallest absolute Gasteiger partial charge is 0.166 e. The molecular weight excluding hydrogens is 287 g/mol. The molecule has 0 saturated heterocycles. The lowest BCUT2D eigenvalue weighted by molar-refractivity contribution is 0.142. The van der Waals surface area contributed by atoms with E-state index in [2.05, 4.69) is 26.2 Å². The van der Waals surface area contributed by atoms with Crippen molar-refractivity contribution in [2.75, 3.05) is 18.5 Å². The molecule has 0 atom stereocenters. The predicted octanol–water partition coefficient (Wildman–Crippen LogP) is 2.95. The fourth-order valence-electron chi connectivity index (χ4n) is 2.33. The summed E-state index contributed by atoms with van der Waals surface area (Å²) in [4.78, 5) is 3.99. The molecule has 0 amide bonds. The first-order valence-electron chi connectivity index (χ1n) is 5.81. The Morgan fingerprint density at radius 2 is 2.18 bits per heavy atom. The molecule has 0 bridgehead atoms. The van der Waals surface area contributed by atoms with E-state index in [1.165, 1.54) is 6.07 Å². The van der Waals surface area contributed by atoms with Crippen LogP contribution >= 0.6 is 15.9 Å².